The first-order valence-electron chi connectivity index (χ1n) is 6.47. The summed E-state index contributed by atoms with van der Waals surface area (Å²) >= 11 is 0. The van der Waals surface area contributed by atoms with Gasteiger partial charge in [-0.3, -0.25) is 0 Å². The summed E-state index contributed by atoms with van der Waals surface area (Å²) in [5, 5.41) is 18.3. The summed E-state index contributed by atoms with van der Waals surface area (Å²) in [6.07, 6.45) is 3.34. The Kier molecular flexibility index (Phi) is 4.16. The quantitative estimate of drug-likeness (QED) is 0.864. The van der Waals surface area contributed by atoms with Crippen LogP contribution in [0.3, 0.4) is 0 Å². The molecule has 0 aliphatic carbocycles. The van der Waals surface area contributed by atoms with Crippen molar-refractivity contribution in [3.05, 3.63) is 23.4 Å². The lowest BCUT2D eigenvalue weighted by atomic mass is 10.1. The second-order valence-electron chi connectivity index (χ2n) is 4.96. The van der Waals surface area contributed by atoms with Crippen molar-refractivity contribution in [3.8, 4) is 6.07 Å². The second-order valence-corrected chi connectivity index (χ2v) is 4.96. The number of hydrogen-bond donors (Lipinski definition) is 1. The number of anilines is 1. The maximum atomic E-state index is 9.34. The molecule has 4 heteroatoms. The molecule has 0 saturated carbocycles. The normalized spacial score (nSPS) is 20.3. The van der Waals surface area contributed by atoms with Gasteiger partial charge in [0.25, 0.3) is 0 Å². The monoisotopic (exact) mass is 245 g/mol. The summed E-state index contributed by atoms with van der Waals surface area (Å²) in [4.78, 5) is 6.71. The molecule has 0 spiro atoms. The first-order chi connectivity index (χ1) is 8.72. The zero-order valence-corrected chi connectivity index (χ0v) is 10.8. The van der Waals surface area contributed by atoms with E-state index in [1.807, 2.05) is 13.0 Å². The lowest BCUT2D eigenvalue weighted by Gasteiger charge is -2.25. The Morgan fingerprint density at radius 3 is 3.06 bits per heavy atom. The molecule has 0 radical (unpaired) electrons. The molecular formula is C14H19N3O. The van der Waals surface area contributed by atoms with Crippen molar-refractivity contribution in [2.45, 2.75) is 26.2 Å². The van der Waals surface area contributed by atoms with E-state index in [9.17, 15) is 5.11 Å². The molecule has 96 valence electrons. The average molecular weight is 245 g/mol. The van der Waals surface area contributed by atoms with E-state index in [2.05, 4.69) is 16.0 Å². The minimum absolute atomic E-state index is 0.230. The molecule has 0 aromatic carbocycles. The molecule has 1 aromatic rings. The van der Waals surface area contributed by atoms with Gasteiger partial charge in [-0.25, -0.2) is 4.98 Å². The lowest BCUT2D eigenvalue weighted by molar-refractivity contribution is 0.223. The number of aryl methyl sites for hydroxylation is 1. The zero-order valence-electron chi connectivity index (χ0n) is 10.8. The predicted octanol–water partition coefficient (Wildman–Crippen LogP) is 1.86. The number of aromatic nitrogens is 1. The van der Waals surface area contributed by atoms with E-state index < -0.39 is 0 Å². The molecule has 2 heterocycles. The molecular weight excluding hydrogens is 226 g/mol. The van der Waals surface area contributed by atoms with Crippen molar-refractivity contribution in [1.82, 2.24) is 4.98 Å². The van der Waals surface area contributed by atoms with Crippen LogP contribution in [0.1, 0.15) is 30.5 Å². The van der Waals surface area contributed by atoms with Crippen LogP contribution in [0.25, 0.3) is 0 Å². The van der Waals surface area contributed by atoms with Crippen molar-refractivity contribution in [2.24, 2.45) is 5.92 Å². The Bertz CT molecular complexity index is 453. The van der Waals surface area contributed by atoms with Gasteiger partial charge in [-0.15, -0.1) is 0 Å². The van der Waals surface area contributed by atoms with Crippen LogP contribution in [0, 0.1) is 24.2 Å². The van der Waals surface area contributed by atoms with Gasteiger partial charge in [0.15, 0.2) is 0 Å². The SMILES string of the molecule is Cc1cc(C#N)cc(N2CCCCC(CO)C2)n1. The number of aliphatic hydroxyl groups is 1. The molecule has 1 aliphatic rings. The molecule has 18 heavy (non-hydrogen) atoms. The van der Waals surface area contributed by atoms with Crippen LogP contribution in [0.5, 0.6) is 0 Å². The number of nitrogens with zero attached hydrogens (tertiary/aromatic N) is 3. The summed E-state index contributed by atoms with van der Waals surface area (Å²) in [6.45, 7) is 3.93. The minimum Gasteiger partial charge on any atom is -0.396 e. The Morgan fingerprint density at radius 1 is 1.50 bits per heavy atom. The van der Waals surface area contributed by atoms with Crippen LogP contribution in [0.4, 0.5) is 5.82 Å². The smallest absolute Gasteiger partial charge is 0.130 e. The average Bonchev–Trinajstić information content (AvgIpc) is 2.63. The van der Waals surface area contributed by atoms with E-state index in [0.717, 1.165) is 43.9 Å². The molecule has 1 fully saturated rings. The first kappa shape index (κ1) is 12.8. The van der Waals surface area contributed by atoms with Crippen LogP contribution < -0.4 is 4.90 Å². The molecule has 1 saturated heterocycles. The topological polar surface area (TPSA) is 60.2 Å². The van der Waals surface area contributed by atoms with E-state index in [1.165, 1.54) is 0 Å². The van der Waals surface area contributed by atoms with Gasteiger partial charge >= 0.3 is 0 Å². The van der Waals surface area contributed by atoms with E-state index in [-0.39, 0.29) is 6.61 Å². The van der Waals surface area contributed by atoms with Gasteiger partial charge < -0.3 is 10.0 Å². The van der Waals surface area contributed by atoms with Gasteiger partial charge in [0.1, 0.15) is 5.82 Å². The van der Waals surface area contributed by atoms with E-state index in [0.29, 0.717) is 11.5 Å². The zero-order chi connectivity index (χ0) is 13.0. The molecule has 0 bridgehead atoms. The number of pyridine rings is 1. The highest BCUT2D eigenvalue weighted by atomic mass is 16.3. The molecule has 0 amide bonds. The largest absolute Gasteiger partial charge is 0.396 e. The summed E-state index contributed by atoms with van der Waals surface area (Å²) < 4.78 is 0. The first-order valence-corrected chi connectivity index (χ1v) is 6.47. The Morgan fingerprint density at radius 2 is 2.33 bits per heavy atom. The predicted molar refractivity (Wildman–Crippen MR) is 70.3 cm³/mol. The molecule has 1 atom stereocenters. The maximum Gasteiger partial charge on any atom is 0.130 e. The number of nitriles is 1. The van der Waals surface area contributed by atoms with Gasteiger partial charge in [-0.2, -0.15) is 5.26 Å². The fourth-order valence-electron chi connectivity index (χ4n) is 2.46. The summed E-state index contributed by atoms with van der Waals surface area (Å²) in [7, 11) is 0. The summed E-state index contributed by atoms with van der Waals surface area (Å²) in [5.41, 5.74) is 1.52. The van der Waals surface area contributed by atoms with Gasteiger partial charge in [0.2, 0.25) is 0 Å². The number of rotatable bonds is 2. The Balaban J connectivity index is 2.23. The molecule has 1 unspecified atom stereocenters. The van der Waals surface area contributed by atoms with Crippen molar-refractivity contribution in [3.63, 3.8) is 0 Å². The molecule has 4 nitrogen and oxygen atoms in total. The van der Waals surface area contributed by atoms with Gasteiger partial charge in [-0.05, 0) is 37.8 Å². The van der Waals surface area contributed by atoms with Crippen LogP contribution in [-0.4, -0.2) is 29.8 Å². The highest BCUT2D eigenvalue weighted by Gasteiger charge is 2.19. The van der Waals surface area contributed by atoms with Gasteiger partial charge in [0, 0.05) is 25.4 Å². The minimum atomic E-state index is 0.230. The van der Waals surface area contributed by atoms with Crippen LogP contribution in [0.2, 0.25) is 0 Å². The van der Waals surface area contributed by atoms with E-state index >= 15 is 0 Å². The van der Waals surface area contributed by atoms with E-state index in [1.54, 1.807) is 6.07 Å². The maximum absolute atomic E-state index is 9.34. The van der Waals surface area contributed by atoms with Gasteiger partial charge in [-0.1, -0.05) is 6.42 Å². The third-order valence-electron chi connectivity index (χ3n) is 3.42. The third-order valence-corrected chi connectivity index (χ3v) is 3.42. The fraction of sp³-hybridized carbons (Fsp3) is 0.571. The van der Waals surface area contributed by atoms with Crippen molar-refractivity contribution in [2.75, 3.05) is 24.6 Å². The fourth-order valence-corrected chi connectivity index (χ4v) is 2.46. The Hall–Kier alpha value is -1.60. The number of hydrogen-bond acceptors (Lipinski definition) is 4. The van der Waals surface area contributed by atoms with Crippen molar-refractivity contribution < 1.29 is 5.11 Å². The van der Waals surface area contributed by atoms with E-state index in [4.69, 9.17) is 5.26 Å². The lowest BCUT2D eigenvalue weighted by Crippen LogP contribution is -2.30. The molecule has 1 aliphatic heterocycles. The van der Waals surface area contributed by atoms with Crippen LogP contribution >= 0.6 is 0 Å². The second kappa shape index (κ2) is 5.83. The Labute approximate surface area is 108 Å². The molecule has 1 aromatic heterocycles. The van der Waals surface area contributed by atoms with Gasteiger partial charge in [0.05, 0.1) is 11.6 Å². The molecule has 1 N–H and O–H groups in total. The highest BCUT2D eigenvalue weighted by molar-refractivity contribution is 5.46. The standard InChI is InChI=1S/C14H19N3O/c1-11-6-13(8-15)7-14(16-11)17-5-3-2-4-12(9-17)10-18/h6-7,12,18H,2-5,9-10H2,1H3. The van der Waals surface area contributed by atoms with Crippen LogP contribution in [-0.2, 0) is 0 Å². The summed E-state index contributed by atoms with van der Waals surface area (Å²) in [6, 6.07) is 5.81. The van der Waals surface area contributed by atoms with Crippen molar-refractivity contribution in [1.29, 1.82) is 5.26 Å². The molecule has 2 rings (SSSR count). The van der Waals surface area contributed by atoms with Crippen molar-refractivity contribution >= 4 is 5.82 Å². The number of aliphatic hydroxyl groups excluding tert-OH is 1. The summed E-state index contributed by atoms with van der Waals surface area (Å²) in [5.74, 6) is 1.19. The third kappa shape index (κ3) is 2.99. The highest BCUT2D eigenvalue weighted by Crippen LogP contribution is 2.22. The van der Waals surface area contributed by atoms with Crippen LogP contribution in [0.15, 0.2) is 12.1 Å².